The summed E-state index contributed by atoms with van der Waals surface area (Å²) in [5.74, 6) is -0.429. The number of rotatable bonds is 5. The maximum absolute atomic E-state index is 12.3. The summed E-state index contributed by atoms with van der Waals surface area (Å²) >= 11 is 5.76. The highest BCUT2D eigenvalue weighted by atomic mass is 35.5. The quantitative estimate of drug-likeness (QED) is 0.852. The molecule has 7 heteroatoms. The molecule has 0 aliphatic carbocycles. The molecule has 0 heterocycles. The summed E-state index contributed by atoms with van der Waals surface area (Å²) in [5.41, 5.74) is 2.65. The van der Waals surface area contributed by atoms with Gasteiger partial charge in [-0.3, -0.25) is 4.79 Å². The van der Waals surface area contributed by atoms with E-state index in [-0.39, 0.29) is 4.90 Å². The van der Waals surface area contributed by atoms with Crippen LogP contribution < -0.4 is 10.0 Å². The van der Waals surface area contributed by atoms with Crippen molar-refractivity contribution < 1.29 is 13.2 Å². The largest absolute Gasteiger partial charge is 0.324 e. The summed E-state index contributed by atoms with van der Waals surface area (Å²) in [5, 5.41) is 3.19. The molecular formula is C17H19ClN2O3S. The molecule has 0 saturated carbocycles. The van der Waals surface area contributed by atoms with Gasteiger partial charge in [0.25, 0.3) is 0 Å². The number of hydrogen-bond acceptors (Lipinski definition) is 3. The molecule has 2 aromatic carbocycles. The predicted octanol–water partition coefficient (Wildman–Crippen LogP) is 3.26. The number of halogens is 1. The van der Waals surface area contributed by atoms with Gasteiger partial charge in [-0.25, -0.2) is 8.42 Å². The minimum absolute atomic E-state index is 0.0540. The molecule has 24 heavy (non-hydrogen) atoms. The second kappa shape index (κ2) is 7.34. The molecule has 0 saturated heterocycles. The first-order valence-electron chi connectivity index (χ1n) is 7.35. The minimum Gasteiger partial charge on any atom is -0.324 e. The molecule has 0 spiro atoms. The van der Waals surface area contributed by atoms with Crippen molar-refractivity contribution in [3.8, 4) is 0 Å². The second-order valence-electron chi connectivity index (χ2n) is 5.53. The third kappa shape index (κ3) is 4.35. The molecule has 0 radical (unpaired) electrons. The van der Waals surface area contributed by atoms with Gasteiger partial charge in [-0.1, -0.05) is 23.7 Å². The fourth-order valence-electron chi connectivity index (χ4n) is 2.10. The van der Waals surface area contributed by atoms with Gasteiger partial charge in [0.05, 0.1) is 10.9 Å². The Morgan fingerprint density at radius 3 is 2.33 bits per heavy atom. The van der Waals surface area contributed by atoms with Crippen LogP contribution in [0.15, 0.2) is 47.4 Å². The molecule has 2 aromatic rings. The van der Waals surface area contributed by atoms with E-state index in [1.54, 1.807) is 6.07 Å². The number of benzene rings is 2. The number of nitrogens with one attached hydrogen (secondary N) is 2. The van der Waals surface area contributed by atoms with Crippen LogP contribution in [0.3, 0.4) is 0 Å². The van der Waals surface area contributed by atoms with Gasteiger partial charge >= 0.3 is 0 Å². The zero-order chi connectivity index (χ0) is 17.9. The van der Waals surface area contributed by atoms with Gasteiger partial charge in [-0.2, -0.15) is 4.72 Å². The average molecular weight is 367 g/mol. The van der Waals surface area contributed by atoms with Crippen molar-refractivity contribution in [1.82, 2.24) is 4.72 Å². The number of hydrogen-bond donors (Lipinski definition) is 2. The van der Waals surface area contributed by atoms with E-state index in [1.807, 2.05) is 26.0 Å². The second-order valence-corrected chi connectivity index (χ2v) is 7.68. The summed E-state index contributed by atoms with van der Waals surface area (Å²) in [6.45, 7) is 5.33. The van der Waals surface area contributed by atoms with Crippen molar-refractivity contribution in [2.75, 3.05) is 5.32 Å². The summed E-state index contributed by atoms with van der Waals surface area (Å²) in [6.07, 6.45) is 0. The fourth-order valence-corrected chi connectivity index (χ4v) is 3.42. The van der Waals surface area contributed by atoms with E-state index >= 15 is 0 Å². The van der Waals surface area contributed by atoms with E-state index in [9.17, 15) is 13.2 Å². The first kappa shape index (κ1) is 18.4. The molecule has 2 N–H and O–H groups in total. The van der Waals surface area contributed by atoms with Gasteiger partial charge < -0.3 is 5.32 Å². The molecule has 0 aliphatic rings. The maximum atomic E-state index is 12.3. The highest BCUT2D eigenvalue weighted by Crippen LogP contribution is 2.18. The Labute approximate surface area is 147 Å². The van der Waals surface area contributed by atoms with E-state index in [0.717, 1.165) is 11.1 Å². The highest BCUT2D eigenvalue weighted by Gasteiger charge is 2.22. The first-order chi connectivity index (χ1) is 11.2. The van der Waals surface area contributed by atoms with Crippen LogP contribution in [0.5, 0.6) is 0 Å². The lowest BCUT2D eigenvalue weighted by molar-refractivity contribution is -0.117. The molecule has 0 bridgehead atoms. The lowest BCUT2D eigenvalue weighted by atomic mass is 10.1. The van der Waals surface area contributed by atoms with Gasteiger partial charge in [0, 0.05) is 10.7 Å². The van der Waals surface area contributed by atoms with Crippen molar-refractivity contribution in [3.05, 3.63) is 58.6 Å². The maximum Gasteiger partial charge on any atom is 0.242 e. The van der Waals surface area contributed by atoms with Gasteiger partial charge in [0.1, 0.15) is 0 Å². The van der Waals surface area contributed by atoms with Crippen molar-refractivity contribution in [2.24, 2.45) is 0 Å². The highest BCUT2D eigenvalue weighted by molar-refractivity contribution is 7.89. The number of sulfonamides is 1. The van der Waals surface area contributed by atoms with Crippen LogP contribution in [0, 0.1) is 13.8 Å². The summed E-state index contributed by atoms with van der Waals surface area (Å²) in [4.78, 5) is 12.3. The Morgan fingerprint density at radius 2 is 1.71 bits per heavy atom. The third-order valence-electron chi connectivity index (χ3n) is 3.71. The standard InChI is InChI=1S/C17H19ClN2O3S/c1-11-5-4-6-16(12(11)2)19-17(21)13(3)20-24(22,23)15-9-7-14(18)8-10-15/h4-10,13,20H,1-3H3,(H,19,21). The van der Waals surface area contributed by atoms with Crippen LogP contribution in [0.4, 0.5) is 5.69 Å². The zero-order valence-electron chi connectivity index (χ0n) is 13.6. The normalized spacial score (nSPS) is 12.7. The van der Waals surface area contributed by atoms with Crippen LogP contribution in [0.1, 0.15) is 18.1 Å². The van der Waals surface area contributed by atoms with Crippen molar-refractivity contribution in [2.45, 2.75) is 31.7 Å². The van der Waals surface area contributed by atoms with Crippen LogP contribution >= 0.6 is 11.6 Å². The fraction of sp³-hybridized carbons (Fsp3) is 0.235. The summed E-state index contributed by atoms with van der Waals surface area (Å²) < 4.78 is 27.0. The molecule has 1 unspecified atom stereocenters. The van der Waals surface area contributed by atoms with Gasteiger partial charge in [-0.15, -0.1) is 0 Å². The monoisotopic (exact) mass is 366 g/mol. The van der Waals surface area contributed by atoms with Crippen LogP contribution in [-0.4, -0.2) is 20.4 Å². The molecule has 1 atom stereocenters. The number of amides is 1. The Bertz CT molecular complexity index is 849. The average Bonchev–Trinajstić information content (AvgIpc) is 2.51. The Balaban J connectivity index is 2.11. The molecule has 0 aromatic heterocycles. The number of aryl methyl sites for hydroxylation is 1. The SMILES string of the molecule is Cc1cccc(NC(=O)C(C)NS(=O)(=O)c2ccc(Cl)cc2)c1C. The first-order valence-corrected chi connectivity index (χ1v) is 9.22. The lowest BCUT2D eigenvalue weighted by Crippen LogP contribution is -2.41. The topological polar surface area (TPSA) is 75.3 Å². The van der Waals surface area contributed by atoms with E-state index in [2.05, 4.69) is 10.0 Å². The number of carbonyl (C=O) groups is 1. The van der Waals surface area contributed by atoms with Crippen LogP contribution in [0.2, 0.25) is 5.02 Å². The number of anilines is 1. The molecule has 0 fully saturated rings. The predicted molar refractivity (Wildman–Crippen MR) is 95.8 cm³/mol. The molecular weight excluding hydrogens is 348 g/mol. The van der Waals surface area contributed by atoms with Gasteiger partial charge in [-0.05, 0) is 62.2 Å². The number of carbonyl (C=O) groups excluding carboxylic acids is 1. The molecule has 128 valence electrons. The Morgan fingerprint density at radius 1 is 1.08 bits per heavy atom. The molecule has 5 nitrogen and oxygen atoms in total. The summed E-state index contributed by atoms with van der Waals surface area (Å²) in [7, 11) is -3.80. The minimum atomic E-state index is -3.80. The van der Waals surface area contributed by atoms with E-state index in [1.165, 1.54) is 31.2 Å². The lowest BCUT2D eigenvalue weighted by Gasteiger charge is -2.16. The Hall–Kier alpha value is -1.89. The molecule has 1 amide bonds. The van der Waals surface area contributed by atoms with Crippen LogP contribution in [-0.2, 0) is 14.8 Å². The van der Waals surface area contributed by atoms with Crippen molar-refractivity contribution >= 4 is 33.2 Å². The molecule has 2 rings (SSSR count). The Kier molecular flexibility index (Phi) is 5.64. The van der Waals surface area contributed by atoms with E-state index < -0.39 is 22.0 Å². The smallest absolute Gasteiger partial charge is 0.242 e. The zero-order valence-corrected chi connectivity index (χ0v) is 15.2. The van der Waals surface area contributed by atoms with Gasteiger partial charge in [0.15, 0.2) is 0 Å². The van der Waals surface area contributed by atoms with Crippen LogP contribution in [0.25, 0.3) is 0 Å². The summed E-state index contributed by atoms with van der Waals surface area (Å²) in [6, 6.07) is 10.4. The van der Waals surface area contributed by atoms with Crippen molar-refractivity contribution in [1.29, 1.82) is 0 Å². The van der Waals surface area contributed by atoms with Gasteiger partial charge in [0.2, 0.25) is 15.9 Å². The van der Waals surface area contributed by atoms with Crippen molar-refractivity contribution in [3.63, 3.8) is 0 Å². The third-order valence-corrected chi connectivity index (χ3v) is 5.52. The molecule has 0 aliphatic heterocycles. The van der Waals surface area contributed by atoms with E-state index in [0.29, 0.717) is 10.7 Å². The van der Waals surface area contributed by atoms with E-state index in [4.69, 9.17) is 11.6 Å².